The lowest BCUT2D eigenvalue weighted by Crippen LogP contribution is -2.53. The third-order valence-corrected chi connectivity index (χ3v) is 3.88. The van der Waals surface area contributed by atoms with Gasteiger partial charge in [-0.1, -0.05) is 0 Å². The van der Waals surface area contributed by atoms with Crippen LogP contribution in [0.25, 0.3) is 0 Å². The van der Waals surface area contributed by atoms with E-state index in [4.69, 9.17) is 15.2 Å². The molecule has 4 heteroatoms. The zero-order valence-corrected chi connectivity index (χ0v) is 10.3. The third kappa shape index (κ3) is 2.74. The Morgan fingerprint density at radius 3 is 2.88 bits per heavy atom. The first-order chi connectivity index (χ1) is 7.76. The Kier molecular flexibility index (Phi) is 4.19. The molecule has 2 atom stereocenters. The molecule has 0 spiro atoms. The first-order valence-electron chi connectivity index (χ1n) is 6.35. The summed E-state index contributed by atoms with van der Waals surface area (Å²) in [5.74, 6) is 0. The zero-order chi connectivity index (χ0) is 11.4. The van der Waals surface area contributed by atoms with Crippen molar-refractivity contribution < 1.29 is 9.47 Å². The first-order valence-corrected chi connectivity index (χ1v) is 6.35. The molecule has 2 heterocycles. The van der Waals surface area contributed by atoms with Crippen molar-refractivity contribution in [3.8, 4) is 0 Å². The minimum Gasteiger partial charge on any atom is -0.381 e. The first kappa shape index (κ1) is 12.3. The molecule has 2 rings (SSSR count). The second kappa shape index (κ2) is 5.45. The van der Waals surface area contributed by atoms with Gasteiger partial charge in [-0.05, 0) is 19.8 Å². The molecule has 2 unspecified atom stereocenters. The fraction of sp³-hybridized carbons (Fsp3) is 1.00. The largest absolute Gasteiger partial charge is 0.381 e. The number of hydrogen-bond donors (Lipinski definition) is 1. The van der Waals surface area contributed by atoms with E-state index in [1.807, 2.05) is 0 Å². The Morgan fingerprint density at radius 1 is 1.38 bits per heavy atom. The van der Waals surface area contributed by atoms with Gasteiger partial charge in [0.25, 0.3) is 0 Å². The van der Waals surface area contributed by atoms with Gasteiger partial charge < -0.3 is 15.2 Å². The van der Waals surface area contributed by atoms with E-state index in [0.29, 0.717) is 6.04 Å². The third-order valence-electron chi connectivity index (χ3n) is 3.88. The molecule has 2 aliphatic rings. The van der Waals surface area contributed by atoms with Crippen molar-refractivity contribution in [3.05, 3.63) is 0 Å². The standard InChI is InChI=1S/C12H24N2O2/c1-11-7-15-6-4-14(11)9-12(8-13)3-2-5-16-10-12/h11H,2-10,13H2,1H3. The highest BCUT2D eigenvalue weighted by Crippen LogP contribution is 2.29. The Balaban J connectivity index is 1.93. The van der Waals surface area contributed by atoms with Crippen molar-refractivity contribution in [2.24, 2.45) is 11.1 Å². The Morgan fingerprint density at radius 2 is 2.25 bits per heavy atom. The highest BCUT2D eigenvalue weighted by Gasteiger charge is 2.35. The number of morpholine rings is 1. The van der Waals surface area contributed by atoms with E-state index < -0.39 is 0 Å². The van der Waals surface area contributed by atoms with E-state index in [1.54, 1.807) is 0 Å². The summed E-state index contributed by atoms with van der Waals surface area (Å²) in [6, 6.07) is 0.513. The van der Waals surface area contributed by atoms with Gasteiger partial charge in [0, 0.05) is 37.7 Å². The van der Waals surface area contributed by atoms with Gasteiger partial charge in [-0.15, -0.1) is 0 Å². The minimum absolute atomic E-state index is 0.184. The topological polar surface area (TPSA) is 47.7 Å². The van der Waals surface area contributed by atoms with Crippen LogP contribution in [0.1, 0.15) is 19.8 Å². The van der Waals surface area contributed by atoms with Crippen molar-refractivity contribution in [2.75, 3.05) is 46.1 Å². The molecule has 0 aromatic rings. The second-order valence-electron chi connectivity index (χ2n) is 5.25. The van der Waals surface area contributed by atoms with Gasteiger partial charge >= 0.3 is 0 Å². The number of rotatable bonds is 3. The number of nitrogens with zero attached hydrogens (tertiary/aromatic N) is 1. The summed E-state index contributed by atoms with van der Waals surface area (Å²) in [6.07, 6.45) is 2.35. The number of hydrogen-bond acceptors (Lipinski definition) is 4. The normalized spacial score (nSPS) is 37.5. The van der Waals surface area contributed by atoms with Crippen molar-refractivity contribution in [1.82, 2.24) is 4.90 Å². The molecule has 2 saturated heterocycles. The zero-order valence-electron chi connectivity index (χ0n) is 10.3. The SMILES string of the molecule is CC1COCCN1CC1(CN)CCCOC1. The number of nitrogens with two attached hydrogens (primary N) is 1. The molecule has 0 radical (unpaired) electrons. The molecule has 0 amide bonds. The van der Waals surface area contributed by atoms with Gasteiger partial charge in [0.2, 0.25) is 0 Å². The lowest BCUT2D eigenvalue weighted by molar-refractivity contribution is -0.0594. The van der Waals surface area contributed by atoms with Crippen LogP contribution in [0.3, 0.4) is 0 Å². The van der Waals surface area contributed by atoms with Gasteiger partial charge in [-0.25, -0.2) is 0 Å². The fourth-order valence-electron chi connectivity index (χ4n) is 2.69. The summed E-state index contributed by atoms with van der Waals surface area (Å²) in [7, 11) is 0. The predicted octanol–water partition coefficient (Wildman–Crippen LogP) is 0.463. The highest BCUT2D eigenvalue weighted by atomic mass is 16.5. The average Bonchev–Trinajstić information content (AvgIpc) is 2.33. The summed E-state index contributed by atoms with van der Waals surface area (Å²) >= 11 is 0. The van der Waals surface area contributed by atoms with Gasteiger partial charge in [-0.3, -0.25) is 4.90 Å². The molecule has 94 valence electrons. The Labute approximate surface area is 98.1 Å². The van der Waals surface area contributed by atoms with Crippen LogP contribution in [0, 0.1) is 5.41 Å². The van der Waals surface area contributed by atoms with Crippen LogP contribution in [0.2, 0.25) is 0 Å². The summed E-state index contributed by atoms with van der Waals surface area (Å²) in [5, 5.41) is 0. The van der Waals surface area contributed by atoms with E-state index in [9.17, 15) is 0 Å². The molecule has 0 aromatic heterocycles. The average molecular weight is 228 g/mol. The molecule has 0 aromatic carbocycles. The molecule has 0 saturated carbocycles. The van der Waals surface area contributed by atoms with Crippen molar-refractivity contribution in [2.45, 2.75) is 25.8 Å². The summed E-state index contributed by atoms with van der Waals surface area (Å²) in [4.78, 5) is 2.50. The van der Waals surface area contributed by atoms with E-state index in [-0.39, 0.29) is 5.41 Å². The summed E-state index contributed by atoms with van der Waals surface area (Å²) < 4.78 is 11.1. The molecule has 2 fully saturated rings. The minimum atomic E-state index is 0.184. The van der Waals surface area contributed by atoms with Gasteiger partial charge in [-0.2, -0.15) is 0 Å². The summed E-state index contributed by atoms with van der Waals surface area (Å²) in [5.41, 5.74) is 6.15. The van der Waals surface area contributed by atoms with Crippen molar-refractivity contribution in [3.63, 3.8) is 0 Å². The van der Waals surface area contributed by atoms with Gasteiger partial charge in [0.05, 0.1) is 19.8 Å². The molecular weight excluding hydrogens is 204 g/mol. The smallest absolute Gasteiger partial charge is 0.0619 e. The maximum Gasteiger partial charge on any atom is 0.0619 e. The molecule has 16 heavy (non-hydrogen) atoms. The van der Waals surface area contributed by atoms with Crippen molar-refractivity contribution in [1.29, 1.82) is 0 Å². The quantitative estimate of drug-likeness (QED) is 0.762. The van der Waals surface area contributed by atoms with Crippen LogP contribution < -0.4 is 5.73 Å². The van der Waals surface area contributed by atoms with Crippen LogP contribution in [0.15, 0.2) is 0 Å². The van der Waals surface area contributed by atoms with Gasteiger partial charge in [0.15, 0.2) is 0 Å². The maximum atomic E-state index is 5.96. The van der Waals surface area contributed by atoms with Gasteiger partial charge in [0.1, 0.15) is 0 Å². The summed E-state index contributed by atoms with van der Waals surface area (Å²) in [6.45, 7) is 8.49. The van der Waals surface area contributed by atoms with Crippen LogP contribution >= 0.6 is 0 Å². The highest BCUT2D eigenvalue weighted by molar-refractivity contribution is 4.88. The molecular formula is C12H24N2O2. The fourth-order valence-corrected chi connectivity index (χ4v) is 2.69. The van der Waals surface area contributed by atoms with E-state index in [0.717, 1.165) is 52.5 Å². The van der Waals surface area contributed by atoms with Crippen LogP contribution in [0.4, 0.5) is 0 Å². The van der Waals surface area contributed by atoms with E-state index >= 15 is 0 Å². The maximum absolute atomic E-state index is 5.96. The van der Waals surface area contributed by atoms with Crippen molar-refractivity contribution >= 4 is 0 Å². The van der Waals surface area contributed by atoms with Crippen LogP contribution in [-0.4, -0.2) is 57.0 Å². The lowest BCUT2D eigenvalue weighted by atomic mass is 9.81. The molecule has 0 bridgehead atoms. The Bertz CT molecular complexity index is 217. The van der Waals surface area contributed by atoms with E-state index in [1.165, 1.54) is 6.42 Å². The lowest BCUT2D eigenvalue weighted by Gasteiger charge is -2.43. The van der Waals surface area contributed by atoms with Crippen LogP contribution in [-0.2, 0) is 9.47 Å². The number of ether oxygens (including phenoxy) is 2. The predicted molar refractivity (Wildman–Crippen MR) is 63.4 cm³/mol. The molecule has 2 aliphatic heterocycles. The van der Waals surface area contributed by atoms with Crippen LogP contribution in [0.5, 0.6) is 0 Å². The monoisotopic (exact) mass is 228 g/mol. The second-order valence-corrected chi connectivity index (χ2v) is 5.25. The molecule has 0 aliphatic carbocycles. The van der Waals surface area contributed by atoms with E-state index in [2.05, 4.69) is 11.8 Å². The molecule has 2 N–H and O–H groups in total. The Hall–Kier alpha value is -0.160. The molecule has 4 nitrogen and oxygen atoms in total.